The monoisotopic (exact) mass is 312 g/mol. The molecule has 0 aliphatic heterocycles. The number of nitrogens with zero attached hydrogens (tertiary/aromatic N) is 1. The summed E-state index contributed by atoms with van der Waals surface area (Å²) in [5, 5.41) is 9.12. The molecule has 1 unspecified atom stereocenters. The molecule has 1 atom stereocenters. The molecule has 0 amide bonds. The number of nitrogens with one attached hydrogen (secondary N) is 1. The molecule has 2 aromatic heterocycles. The second-order valence-corrected chi connectivity index (χ2v) is 6.79. The van der Waals surface area contributed by atoms with Gasteiger partial charge in [-0.3, -0.25) is 0 Å². The minimum atomic E-state index is -3.57. The molecule has 21 heavy (non-hydrogen) atoms. The molecular weight excluding hydrogens is 292 g/mol. The van der Waals surface area contributed by atoms with Gasteiger partial charge < -0.3 is 14.1 Å². The van der Waals surface area contributed by atoms with E-state index in [1.54, 1.807) is 17.9 Å². The normalized spacial score (nSPS) is 13.5. The predicted molar refractivity (Wildman–Crippen MR) is 78.1 cm³/mol. The smallest absolute Gasteiger partial charge is 0.242 e. The van der Waals surface area contributed by atoms with Crippen LogP contribution in [0.1, 0.15) is 24.8 Å². The third-order valence-electron chi connectivity index (χ3n) is 3.32. The van der Waals surface area contributed by atoms with Crippen LogP contribution in [0.5, 0.6) is 0 Å². The van der Waals surface area contributed by atoms with Crippen LogP contribution < -0.4 is 4.72 Å². The van der Waals surface area contributed by atoms with Gasteiger partial charge in [-0.05, 0) is 31.5 Å². The molecule has 0 saturated heterocycles. The van der Waals surface area contributed by atoms with Crippen molar-refractivity contribution in [2.75, 3.05) is 0 Å². The largest absolute Gasteiger partial charge is 0.469 e. The van der Waals surface area contributed by atoms with Gasteiger partial charge in [0.15, 0.2) is 0 Å². The van der Waals surface area contributed by atoms with E-state index in [-0.39, 0.29) is 17.5 Å². The lowest BCUT2D eigenvalue weighted by molar-refractivity contribution is 0.272. The van der Waals surface area contributed by atoms with Crippen LogP contribution in [0.4, 0.5) is 0 Å². The Morgan fingerprint density at radius 2 is 2.24 bits per heavy atom. The van der Waals surface area contributed by atoms with E-state index in [1.807, 2.05) is 19.1 Å². The van der Waals surface area contributed by atoms with Crippen LogP contribution in [0.15, 0.2) is 40.0 Å². The zero-order valence-electron chi connectivity index (χ0n) is 12.1. The SMILES string of the molecule is CC(CCc1ccco1)NS(=O)(=O)c1cc(CO)n(C)c1. The minimum Gasteiger partial charge on any atom is -0.469 e. The summed E-state index contributed by atoms with van der Waals surface area (Å²) < 4.78 is 34.0. The van der Waals surface area contributed by atoms with E-state index < -0.39 is 10.0 Å². The van der Waals surface area contributed by atoms with E-state index in [2.05, 4.69) is 4.72 Å². The van der Waals surface area contributed by atoms with Crippen LogP contribution in [-0.4, -0.2) is 24.1 Å². The summed E-state index contributed by atoms with van der Waals surface area (Å²) in [4.78, 5) is 0.166. The first kappa shape index (κ1) is 15.8. The van der Waals surface area contributed by atoms with Gasteiger partial charge in [-0.25, -0.2) is 13.1 Å². The lowest BCUT2D eigenvalue weighted by atomic mass is 10.2. The highest BCUT2D eigenvalue weighted by Gasteiger charge is 2.20. The molecule has 0 aliphatic carbocycles. The zero-order valence-corrected chi connectivity index (χ0v) is 12.9. The molecule has 0 spiro atoms. The summed E-state index contributed by atoms with van der Waals surface area (Å²) in [7, 11) is -1.88. The van der Waals surface area contributed by atoms with Gasteiger partial charge in [-0.2, -0.15) is 0 Å². The highest BCUT2D eigenvalue weighted by molar-refractivity contribution is 7.89. The quantitative estimate of drug-likeness (QED) is 0.809. The van der Waals surface area contributed by atoms with Crippen molar-refractivity contribution in [2.24, 2.45) is 7.05 Å². The summed E-state index contributed by atoms with van der Waals surface area (Å²) in [5.74, 6) is 0.836. The van der Waals surface area contributed by atoms with Crippen LogP contribution in [0, 0.1) is 0 Å². The van der Waals surface area contributed by atoms with Crippen LogP contribution in [0.2, 0.25) is 0 Å². The number of hydrogen-bond acceptors (Lipinski definition) is 4. The van der Waals surface area contributed by atoms with Crippen LogP contribution in [0.25, 0.3) is 0 Å². The first-order valence-corrected chi connectivity index (χ1v) is 8.21. The first-order chi connectivity index (χ1) is 9.92. The molecule has 0 fully saturated rings. The molecular formula is C14H20N2O4S. The van der Waals surface area contributed by atoms with Crippen molar-refractivity contribution in [2.45, 2.75) is 37.3 Å². The van der Waals surface area contributed by atoms with Gasteiger partial charge in [0.1, 0.15) is 5.76 Å². The fraction of sp³-hybridized carbons (Fsp3) is 0.429. The topological polar surface area (TPSA) is 84.5 Å². The molecule has 7 heteroatoms. The van der Waals surface area contributed by atoms with E-state index in [0.29, 0.717) is 18.5 Å². The van der Waals surface area contributed by atoms with E-state index in [9.17, 15) is 8.42 Å². The minimum absolute atomic E-state index is 0.166. The summed E-state index contributed by atoms with van der Waals surface area (Å²) in [6.07, 6.45) is 4.41. The lowest BCUT2D eigenvalue weighted by Gasteiger charge is -2.12. The molecule has 6 nitrogen and oxygen atoms in total. The number of aromatic nitrogens is 1. The van der Waals surface area contributed by atoms with Crippen molar-refractivity contribution in [3.63, 3.8) is 0 Å². The van der Waals surface area contributed by atoms with Crippen molar-refractivity contribution >= 4 is 10.0 Å². The van der Waals surface area contributed by atoms with E-state index in [4.69, 9.17) is 9.52 Å². The van der Waals surface area contributed by atoms with E-state index in [0.717, 1.165) is 5.76 Å². The molecule has 0 radical (unpaired) electrons. The number of aliphatic hydroxyl groups excluding tert-OH is 1. The maximum atomic E-state index is 12.3. The third-order valence-corrected chi connectivity index (χ3v) is 4.87. The third kappa shape index (κ3) is 3.96. The summed E-state index contributed by atoms with van der Waals surface area (Å²) in [6.45, 7) is 1.62. The second kappa shape index (κ2) is 6.46. The first-order valence-electron chi connectivity index (χ1n) is 6.73. The number of aliphatic hydroxyl groups is 1. The van der Waals surface area contributed by atoms with Gasteiger partial charge >= 0.3 is 0 Å². The van der Waals surface area contributed by atoms with Gasteiger partial charge in [0.05, 0.1) is 17.8 Å². The molecule has 0 bridgehead atoms. The number of rotatable bonds is 7. The Kier molecular flexibility index (Phi) is 4.87. The van der Waals surface area contributed by atoms with Crippen molar-refractivity contribution in [1.82, 2.24) is 9.29 Å². The molecule has 2 rings (SSSR count). The fourth-order valence-electron chi connectivity index (χ4n) is 2.09. The Labute approximate surface area is 124 Å². The summed E-state index contributed by atoms with van der Waals surface area (Å²) in [6, 6.07) is 4.94. The highest BCUT2D eigenvalue weighted by Crippen LogP contribution is 2.15. The molecule has 2 N–H and O–H groups in total. The van der Waals surface area contributed by atoms with Gasteiger partial charge in [0, 0.05) is 31.4 Å². The Hall–Kier alpha value is -1.57. The lowest BCUT2D eigenvalue weighted by Crippen LogP contribution is -2.32. The van der Waals surface area contributed by atoms with E-state index in [1.165, 1.54) is 12.3 Å². The Balaban J connectivity index is 1.99. The van der Waals surface area contributed by atoms with Gasteiger partial charge in [0.25, 0.3) is 0 Å². The number of hydrogen-bond donors (Lipinski definition) is 2. The molecule has 0 aromatic carbocycles. The summed E-state index contributed by atoms with van der Waals surface area (Å²) >= 11 is 0. The van der Waals surface area contributed by atoms with Crippen molar-refractivity contribution in [1.29, 1.82) is 0 Å². The van der Waals surface area contributed by atoms with Crippen molar-refractivity contribution < 1.29 is 17.9 Å². The van der Waals surface area contributed by atoms with E-state index >= 15 is 0 Å². The molecule has 2 aromatic rings. The zero-order chi connectivity index (χ0) is 15.5. The molecule has 2 heterocycles. The van der Waals surface area contributed by atoms with Crippen LogP contribution in [-0.2, 0) is 30.1 Å². The molecule has 116 valence electrons. The van der Waals surface area contributed by atoms with Gasteiger partial charge in [0.2, 0.25) is 10.0 Å². The molecule has 0 aliphatic rings. The van der Waals surface area contributed by atoms with Crippen molar-refractivity contribution in [3.05, 3.63) is 42.1 Å². The maximum absolute atomic E-state index is 12.3. The summed E-state index contributed by atoms with van der Waals surface area (Å²) in [5.41, 5.74) is 0.554. The maximum Gasteiger partial charge on any atom is 0.242 e. The van der Waals surface area contributed by atoms with Crippen LogP contribution >= 0.6 is 0 Å². The Bertz CT molecular complexity index is 674. The van der Waals surface area contributed by atoms with Gasteiger partial charge in [-0.1, -0.05) is 0 Å². The highest BCUT2D eigenvalue weighted by atomic mass is 32.2. The van der Waals surface area contributed by atoms with Crippen LogP contribution in [0.3, 0.4) is 0 Å². The number of furan rings is 1. The average Bonchev–Trinajstić information content (AvgIpc) is 3.05. The standard InChI is InChI=1S/C14H20N2O4S/c1-11(5-6-13-4-3-7-20-13)15-21(18,19)14-8-12(10-17)16(2)9-14/h3-4,7-9,11,15,17H,5-6,10H2,1-2H3. The Morgan fingerprint density at radius 3 is 2.81 bits per heavy atom. The second-order valence-electron chi connectivity index (χ2n) is 5.08. The van der Waals surface area contributed by atoms with Gasteiger partial charge in [-0.15, -0.1) is 0 Å². The fourth-order valence-corrected chi connectivity index (χ4v) is 3.46. The molecule has 0 saturated carbocycles. The Morgan fingerprint density at radius 1 is 1.48 bits per heavy atom. The number of sulfonamides is 1. The number of aryl methyl sites for hydroxylation is 2. The predicted octanol–water partition coefficient (Wildman–Crippen LogP) is 1.41. The average molecular weight is 312 g/mol. The van der Waals surface area contributed by atoms with Crippen molar-refractivity contribution in [3.8, 4) is 0 Å².